The molecule has 1 saturated heterocycles. The van der Waals surface area contributed by atoms with Gasteiger partial charge in [0.25, 0.3) is 0 Å². The average Bonchev–Trinajstić information content (AvgIpc) is 2.51. The molecule has 1 fully saturated rings. The molecule has 0 spiro atoms. The Morgan fingerprint density at radius 2 is 1.95 bits per heavy atom. The second-order valence-electron chi connectivity index (χ2n) is 5.15. The van der Waals surface area contributed by atoms with E-state index in [0.717, 1.165) is 12.0 Å². The molecule has 0 aliphatic carbocycles. The van der Waals surface area contributed by atoms with Crippen molar-refractivity contribution in [2.45, 2.75) is 31.8 Å². The predicted octanol–water partition coefficient (Wildman–Crippen LogP) is 1.50. The van der Waals surface area contributed by atoms with E-state index in [0.29, 0.717) is 19.6 Å². The standard InChI is InChI=1S/C16H22N2O3/c1-3-13-15(19)17-14(12-8-5-4-6-9-12)16(20)18(13)10-7-11-21-2/h4-6,8-9,13-14H,3,7,10-11H2,1-2H3,(H,17,19). The van der Waals surface area contributed by atoms with E-state index in [4.69, 9.17) is 4.74 Å². The van der Waals surface area contributed by atoms with Crippen molar-refractivity contribution in [3.8, 4) is 0 Å². The molecular formula is C16H22N2O3. The summed E-state index contributed by atoms with van der Waals surface area (Å²) < 4.78 is 5.04. The molecule has 5 heteroatoms. The average molecular weight is 290 g/mol. The number of ether oxygens (including phenoxy) is 1. The van der Waals surface area contributed by atoms with Gasteiger partial charge < -0.3 is 15.0 Å². The highest BCUT2D eigenvalue weighted by Crippen LogP contribution is 2.23. The monoisotopic (exact) mass is 290 g/mol. The molecule has 2 atom stereocenters. The normalized spacial score (nSPS) is 22.3. The number of rotatable bonds is 6. The van der Waals surface area contributed by atoms with Crippen molar-refractivity contribution in [3.05, 3.63) is 35.9 Å². The second kappa shape index (κ2) is 7.22. The minimum Gasteiger partial charge on any atom is -0.385 e. The number of methoxy groups -OCH3 is 1. The highest BCUT2D eigenvalue weighted by Gasteiger charge is 2.39. The highest BCUT2D eigenvalue weighted by molar-refractivity contribution is 5.97. The Morgan fingerprint density at radius 3 is 2.57 bits per heavy atom. The van der Waals surface area contributed by atoms with Crippen LogP contribution in [0.25, 0.3) is 0 Å². The van der Waals surface area contributed by atoms with E-state index in [1.807, 2.05) is 37.3 Å². The minimum absolute atomic E-state index is 0.0382. The van der Waals surface area contributed by atoms with Gasteiger partial charge in [-0.2, -0.15) is 0 Å². The van der Waals surface area contributed by atoms with Gasteiger partial charge >= 0.3 is 0 Å². The van der Waals surface area contributed by atoms with Crippen molar-refractivity contribution < 1.29 is 14.3 Å². The van der Waals surface area contributed by atoms with Crippen LogP contribution in [0.4, 0.5) is 0 Å². The fraction of sp³-hybridized carbons (Fsp3) is 0.500. The van der Waals surface area contributed by atoms with Gasteiger partial charge in [-0.3, -0.25) is 9.59 Å². The first-order valence-electron chi connectivity index (χ1n) is 7.33. The molecule has 0 radical (unpaired) electrons. The van der Waals surface area contributed by atoms with Crippen LogP contribution in [0.5, 0.6) is 0 Å². The number of carbonyl (C=O) groups is 2. The van der Waals surface area contributed by atoms with E-state index in [-0.39, 0.29) is 17.9 Å². The molecule has 1 heterocycles. The third kappa shape index (κ3) is 3.42. The fourth-order valence-corrected chi connectivity index (χ4v) is 2.68. The van der Waals surface area contributed by atoms with Crippen molar-refractivity contribution in [2.75, 3.05) is 20.3 Å². The van der Waals surface area contributed by atoms with Gasteiger partial charge in [0, 0.05) is 20.3 Å². The maximum atomic E-state index is 12.7. The summed E-state index contributed by atoms with van der Waals surface area (Å²) in [6.45, 7) is 3.05. The fourth-order valence-electron chi connectivity index (χ4n) is 2.68. The maximum absolute atomic E-state index is 12.7. The SMILES string of the molecule is CCC1C(=O)NC(c2ccccc2)C(=O)N1CCCOC. The Morgan fingerprint density at radius 1 is 1.24 bits per heavy atom. The first kappa shape index (κ1) is 15.5. The van der Waals surface area contributed by atoms with Gasteiger partial charge in [0.15, 0.2) is 0 Å². The molecule has 1 N–H and O–H groups in total. The van der Waals surface area contributed by atoms with Crippen molar-refractivity contribution in [1.82, 2.24) is 10.2 Å². The van der Waals surface area contributed by atoms with Crippen molar-refractivity contribution >= 4 is 11.8 Å². The number of nitrogens with zero attached hydrogens (tertiary/aromatic N) is 1. The third-order valence-corrected chi connectivity index (χ3v) is 3.76. The zero-order valence-corrected chi connectivity index (χ0v) is 12.5. The van der Waals surface area contributed by atoms with Crippen LogP contribution < -0.4 is 5.32 Å². The highest BCUT2D eigenvalue weighted by atomic mass is 16.5. The molecule has 1 aromatic carbocycles. The second-order valence-corrected chi connectivity index (χ2v) is 5.15. The van der Waals surface area contributed by atoms with E-state index in [1.165, 1.54) is 0 Å². The molecule has 1 aliphatic rings. The largest absolute Gasteiger partial charge is 0.385 e. The van der Waals surface area contributed by atoms with Crippen molar-refractivity contribution in [3.63, 3.8) is 0 Å². The number of hydrogen-bond acceptors (Lipinski definition) is 3. The van der Waals surface area contributed by atoms with Gasteiger partial charge in [0.2, 0.25) is 11.8 Å². The van der Waals surface area contributed by atoms with Gasteiger partial charge in [-0.1, -0.05) is 37.3 Å². The summed E-state index contributed by atoms with van der Waals surface area (Å²) >= 11 is 0. The summed E-state index contributed by atoms with van der Waals surface area (Å²) in [5.41, 5.74) is 0.821. The van der Waals surface area contributed by atoms with E-state index in [9.17, 15) is 9.59 Å². The van der Waals surface area contributed by atoms with Crippen LogP contribution in [-0.4, -0.2) is 43.0 Å². The van der Waals surface area contributed by atoms with Gasteiger partial charge in [-0.15, -0.1) is 0 Å². The first-order valence-corrected chi connectivity index (χ1v) is 7.33. The summed E-state index contributed by atoms with van der Waals surface area (Å²) in [6.07, 6.45) is 1.35. The molecule has 1 aliphatic heterocycles. The molecule has 21 heavy (non-hydrogen) atoms. The lowest BCUT2D eigenvalue weighted by atomic mass is 9.99. The van der Waals surface area contributed by atoms with Crippen LogP contribution >= 0.6 is 0 Å². The summed E-state index contributed by atoms with van der Waals surface area (Å²) in [5, 5.41) is 2.84. The number of benzene rings is 1. The Bertz CT molecular complexity index is 490. The molecule has 1 aromatic rings. The molecule has 2 unspecified atom stereocenters. The van der Waals surface area contributed by atoms with E-state index >= 15 is 0 Å². The summed E-state index contributed by atoms with van der Waals surface area (Å²) in [5.74, 6) is -0.118. The molecule has 2 amide bonds. The van der Waals surface area contributed by atoms with Crippen LogP contribution in [-0.2, 0) is 14.3 Å². The molecule has 2 rings (SSSR count). The van der Waals surface area contributed by atoms with E-state index < -0.39 is 6.04 Å². The Hall–Kier alpha value is -1.88. The maximum Gasteiger partial charge on any atom is 0.250 e. The molecule has 0 saturated carbocycles. The van der Waals surface area contributed by atoms with Gasteiger partial charge in [0.1, 0.15) is 12.1 Å². The van der Waals surface area contributed by atoms with Gasteiger partial charge in [-0.05, 0) is 18.4 Å². The van der Waals surface area contributed by atoms with Gasteiger partial charge in [0.05, 0.1) is 0 Å². The first-order chi connectivity index (χ1) is 10.2. The molecule has 5 nitrogen and oxygen atoms in total. The molecule has 0 aromatic heterocycles. The zero-order valence-electron chi connectivity index (χ0n) is 12.5. The van der Waals surface area contributed by atoms with E-state index in [2.05, 4.69) is 5.32 Å². The Kier molecular flexibility index (Phi) is 5.33. The molecule has 114 valence electrons. The van der Waals surface area contributed by atoms with Gasteiger partial charge in [-0.25, -0.2) is 0 Å². The zero-order chi connectivity index (χ0) is 15.2. The lowest BCUT2D eigenvalue weighted by Crippen LogP contribution is -2.59. The number of nitrogens with one attached hydrogen (secondary N) is 1. The van der Waals surface area contributed by atoms with Crippen molar-refractivity contribution in [2.24, 2.45) is 0 Å². The molecule has 0 bridgehead atoms. The van der Waals surface area contributed by atoms with Crippen molar-refractivity contribution in [1.29, 1.82) is 0 Å². The minimum atomic E-state index is -0.580. The van der Waals surface area contributed by atoms with Crippen LogP contribution in [0.3, 0.4) is 0 Å². The third-order valence-electron chi connectivity index (χ3n) is 3.76. The molecular weight excluding hydrogens is 268 g/mol. The van der Waals surface area contributed by atoms with Crippen LogP contribution in [0.1, 0.15) is 31.4 Å². The lowest BCUT2D eigenvalue weighted by Gasteiger charge is -2.38. The smallest absolute Gasteiger partial charge is 0.250 e. The lowest BCUT2D eigenvalue weighted by molar-refractivity contribution is -0.149. The van der Waals surface area contributed by atoms with Crippen LogP contribution in [0.2, 0.25) is 0 Å². The predicted molar refractivity (Wildman–Crippen MR) is 79.6 cm³/mol. The quantitative estimate of drug-likeness (QED) is 0.808. The van der Waals surface area contributed by atoms with Crippen LogP contribution in [0.15, 0.2) is 30.3 Å². The summed E-state index contributed by atoms with van der Waals surface area (Å²) in [4.78, 5) is 26.7. The Balaban J connectivity index is 2.19. The number of piperazine rings is 1. The van der Waals surface area contributed by atoms with Crippen LogP contribution in [0, 0.1) is 0 Å². The summed E-state index contributed by atoms with van der Waals surface area (Å²) in [7, 11) is 1.63. The summed E-state index contributed by atoms with van der Waals surface area (Å²) in [6, 6.07) is 8.40. The number of carbonyl (C=O) groups excluding carboxylic acids is 2. The topological polar surface area (TPSA) is 58.6 Å². The number of amides is 2. The van der Waals surface area contributed by atoms with E-state index in [1.54, 1.807) is 12.0 Å². The Labute approximate surface area is 125 Å². The number of hydrogen-bond donors (Lipinski definition) is 1.